The summed E-state index contributed by atoms with van der Waals surface area (Å²) in [5.74, 6) is -1.99. The number of sulfone groups is 1. The number of methoxy groups -OCH3 is 1. The van der Waals surface area contributed by atoms with Crippen LogP contribution in [-0.4, -0.2) is 61.2 Å². The molecule has 12 heteroatoms. The van der Waals surface area contributed by atoms with Gasteiger partial charge in [-0.2, -0.15) is 5.10 Å². The minimum atomic E-state index is -3.12. The molecular formula is C21H22ClN3O7S. The Bertz CT molecular complexity index is 1220. The van der Waals surface area contributed by atoms with Crippen molar-refractivity contribution in [3.8, 4) is 5.75 Å². The number of carbonyl (C=O) groups is 3. The summed E-state index contributed by atoms with van der Waals surface area (Å²) in [5.41, 5.74) is 1.11. The lowest BCUT2D eigenvalue weighted by Gasteiger charge is -2.09. The first-order valence-corrected chi connectivity index (χ1v) is 12.1. The summed E-state index contributed by atoms with van der Waals surface area (Å²) in [5, 5.41) is 6.61. The maximum Gasteiger partial charge on any atom is 0.331 e. The fourth-order valence-electron chi connectivity index (χ4n) is 3.33. The normalized spacial score (nSPS) is 17.1. The molecular weight excluding hydrogens is 474 g/mol. The monoisotopic (exact) mass is 495 g/mol. The minimum absolute atomic E-state index is 0.0400. The van der Waals surface area contributed by atoms with Gasteiger partial charge in [0.1, 0.15) is 10.9 Å². The second kappa shape index (κ2) is 10.2. The first-order chi connectivity index (χ1) is 15.6. The van der Waals surface area contributed by atoms with Crippen LogP contribution < -0.4 is 10.1 Å². The van der Waals surface area contributed by atoms with Crippen LogP contribution in [0, 0.1) is 6.92 Å². The number of amides is 2. The van der Waals surface area contributed by atoms with Crippen LogP contribution >= 0.6 is 11.6 Å². The molecule has 1 aliphatic heterocycles. The molecule has 176 valence electrons. The quantitative estimate of drug-likeness (QED) is 0.453. The number of para-hydroxylation sites is 1. The highest BCUT2D eigenvalue weighted by molar-refractivity contribution is 7.91. The molecule has 2 heterocycles. The predicted octanol–water partition coefficient (Wildman–Crippen LogP) is 1.73. The first-order valence-electron chi connectivity index (χ1n) is 9.88. The molecule has 33 heavy (non-hydrogen) atoms. The lowest BCUT2D eigenvalue weighted by atomic mass is 10.2. The van der Waals surface area contributed by atoms with Gasteiger partial charge in [0, 0.05) is 11.6 Å². The fourth-order valence-corrected chi connectivity index (χ4v) is 5.40. The van der Waals surface area contributed by atoms with E-state index in [1.165, 1.54) is 23.9 Å². The lowest BCUT2D eigenvalue weighted by molar-refractivity contribution is -0.143. The summed E-state index contributed by atoms with van der Waals surface area (Å²) >= 11 is 6.34. The Kier molecular flexibility index (Phi) is 7.54. The fraction of sp³-hybridized carbons (Fsp3) is 0.333. The Morgan fingerprint density at radius 1 is 1.30 bits per heavy atom. The summed E-state index contributed by atoms with van der Waals surface area (Å²) in [6.07, 6.45) is 2.86. The largest absolute Gasteiger partial charge is 0.496 e. The molecule has 1 N–H and O–H groups in total. The molecule has 0 saturated carbocycles. The van der Waals surface area contributed by atoms with Crippen LogP contribution in [0.15, 0.2) is 30.3 Å². The SMILES string of the molecule is COc1ccccc1C(=O)NC(=O)COC(=O)/C=C/c1c(C)nn([C@H]2CCS(=O)(=O)C2)c1Cl. The smallest absolute Gasteiger partial charge is 0.331 e. The number of aromatic nitrogens is 2. The third-order valence-electron chi connectivity index (χ3n) is 4.96. The molecule has 1 aromatic heterocycles. The van der Waals surface area contributed by atoms with Gasteiger partial charge >= 0.3 is 5.97 Å². The summed E-state index contributed by atoms with van der Waals surface area (Å²) in [6, 6.07) is 6.00. The number of imide groups is 1. The molecule has 1 atom stereocenters. The molecule has 1 fully saturated rings. The van der Waals surface area contributed by atoms with Crippen molar-refractivity contribution in [3.05, 3.63) is 52.3 Å². The topological polar surface area (TPSA) is 134 Å². The third kappa shape index (κ3) is 5.99. The van der Waals surface area contributed by atoms with Crippen molar-refractivity contribution in [3.63, 3.8) is 0 Å². The van der Waals surface area contributed by atoms with Crippen molar-refractivity contribution in [2.24, 2.45) is 0 Å². The molecule has 0 aliphatic carbocycles. The molecule has 2 aromatic rings. The van der Waals surface area contributed by atoms with Crippen molar-refractivity contribution in [2.45, 2.75) is 19.4 Å². The second-order valence-corrected chi connectivity index (χ2v) is 9.90. The zero-order valence-corrected chi connectivity index (χ0v) is 19.5. The van der Waals surface area contributed by atoms with Crippen molar-refractivity contribution < 1.29 is 32.3 Å². The van der Waals surface area contributed by atoms with Gasteiger partial charge in [-0.05, 0) is 31.6 Å². The van der Waals surface area contributed by atoms with E-state index in [0.717, 1.165) is 6.08 Å². The van der Waals surface area contributed by atoms with E-state index in [0.29, 0.717) is 23.4 Å². The van der Waals surface area contributed by atoms with Crippen molar-refractivity contribution >= 4 is 45.3 Å². The second-order valence-electron chi connectivity index (χ2n) is 7.31. The summed E-state index contributed by atoms with van der Waals surface area (Å²) in [6.45, 7) is 1.00. The van der Waals surface area contributed by atoms with Crippen molar-refractivity contribution in [1.82, 2.24) is 15.1 Å². The zero-order valence-electron chi connectivity index (χ0n) is 17.9. The van der Waals surface area contributed by atoms with Gasteiger partial charge in [-0.1, -0.05) is 23.7 Å². The Hall–Kier alpha value is -3.18. The minimum Gasteiger partial charge on any atom is -0.496 e. The molecule has 1 aliphatic rings. The van der Waals surface area contributed by atoms with Crippen LogP contribution in [0.2, 0.25) is 5.15 Å². The van der Waals surface area contributed by atoms with Gasteiger partial charge in [-0.15, -0.1) is 0 Å². The van der Waals surface area contributed by atoms with Gasteiger partial charge < -0.3 is 9.47 Å². The maximum absolute atomic E-state index is 12.2. The Labute approximate surface area is 195 Å². The predicted molar refractivity (Wildman–Crippen MR) is 120 cm³/mol. The van der Waals surface area contributed by atoms with Crippen LogP contribution in [0.1, 0.15) is 34.1 Å². The van der Waals surface area contributed by atoms with Crippen LogP contribution in [0.3, 0.4) is 0 Å². The van der Waals surface area contributed by atoms with Gasteiger partial charge in [-0.25, -0.2) is 17.9 Å². The molecule has 1 aromatic carbocycles. The van der Waals surface area contributed by atoms with Gasteiger partial charge in [0.05, 0.1) is 35.9 Å². The number of hydrogen-bond donors (Lipinski definition) is 1. The molecule has 10 nitrogen and oxygen atoms in total. The van der Waals surface area contributed by atoms with E-state index in [9.17, 15) is 22.8 Å². The number of hydrogen-bond acceptors (Lipinski definition) is 8. The van der Waals surface area contributed by atoms with E-state index < -0.39 is 34.2 Å². The number of nitrogens with one attached hydrogen (secondary N) is 1. The standard InChI is InChI=1S/C21H22ClN3O7S/c1-13-15(20(22)25(24-13)14-9-10-33(29,30)12-14)7-8-19(27)32-11-18(26)23-21(28)16-5-3-4-6-17(16)31-2/h3-8,14H,9-12H2,1-2H3,(H,23,26,28)/b8-7+/t14-/m0/s1. The number of benzene rings is 1. The average molecular weight is 496 g/mol. The third-order valence-corrected chi connectivity index (χ3v) is 7.09. The first kappa shape index (κ1) is 24.5. The molecule has 0 spiro atoms. The number of nitrogens with zero attached hydrogens (tertiary/aromatic N) is 2. The number of aryl methyl sites for hydroxylation is 1. The maximum atomic E-state index is 12.2. The van der Waals surface area contributed by atoms with Gasteiger partial charge in [0.25, 0.3) is 11.8 Å². The van der Waals surface area contributed by atoms with Crippen LogP contribution in [0.5, 0.6) is 5.75 Å². The Balaban J connectivity index is 1.56. The number of ether oxygens (including phenoxy) is 2. The lowest BCUT2D eigenvalue weighted by Crippen LogP contribution is -2.34. The van der Waals surface area contributed by atoms with Crippen LogP contribution in [-0.2, 0) is 24.2 Å². The molecule has 0 radical (unpaired) electrons. The Morgan fingerprint density at radius 2 is 2.03 bits per heavy atom. The van der Waals surface area contributed by atoms with E-state index in [1.807, 2.05) is 0 Å². The van der Waals surface area contributed by atoms with E-state index >= 15 is 0 Å². The number of carbonyl (C=O) groups excluding carboxylic acids is 3. The van der Waals surface area contributed by atoms with Crippen molar-refractivity contribution in [2.75, 3.05) is 25.2 Å². The summed E-state index contributed by atoms with van der Waals surface area (Å²) in [7, 11) is -1.72. The average Bonchev–Trinajstić information content (AvgIpc) is 3.28. The molecule has 3 rings (SSSR count). The van der Waals surface area contributed by atoms with Crippen LogP contribution in [0.25, 0.3) is 6.08 Å². The van der Waals surface area contributed by atoms with Gasteiger partial charge in [0.15, 0.2) is 16.4 Å². The van der Waals surface area contributed by atoms with Crippen molar-refractivity contribution in [1.29, 1.82) is 0 Å². The highest BCUT2D eigenvalue weighted by atomic mass is 35.5. The molecule has 0 unspecified atom stereocenters. The highest BCUT2D eigenvalue weighted by Crippen LogP contribution is 2.30. The van der Waals surface area contributed by atoms with E-state index in [4.69, 9.17) is 21.1 Å². The zero-order chi connectivity index (χ0) is 24.2. The number of rotatable bonds is 7. The Morgan fingerprint density at radius 3 is 2.70 bits per heavy atom. The summed E-state index contributed by atoms with van der Waals surface area (Å²) in [4.78, 5) is 36.2. The van der Waals surface area contributed by atoms with E-state index in [1.54, 1.807) is 25.1 Å². The van der Waals surface area contributed by atoms with Gasteiger partial charge in [0.2, 0.25) is 0 Å². The summed E-state index contributed by atoms with van der Waals surface area (Å²) < 4.78 is 34.8. The molecule has 1 saturated heterocycles. The van der Waals surface area contributed by atoms with E-state index in [-0.39, 0.29) is 28.3 Å². The van der Waals surface area contributed by atoms with Gasteiger partial charge in [-0.3, -0.25) is 14.9 Å². The molecule has 0 bridgehead atoms. The molecule has 2 amide bonds. The highest BCUT2D eigenvalue weighted by Gasteiger charge is 2.31. The number of halogens is 1. The van der Waals surface area contributed by atoms with E-state index in [2.05, 4.69) is 10.4 Å². The van der Waals surface area contributed by atoms with Crippen LogP contribution in [0.4, 0.5) is 0 Å². The number of esters is 1.